The van der Waals surface area contributed by atoms with E-state index in [1.807, 2.05) is 12.1 Å². The summed E-state index contributed by atoms with van der Waals surface area (Å²) in [6, 6.07) is 14.1. The molecule has 0 N–H and O–H groups in total. The lowest BCUT2D eigenvalue weighted by atomic mass is 9.89. The standard InChI is InChI=1S/C18H10O4/c19-17-11(10-21-15-7-3-2-6-13(15)17)9-14-12-5-1-4-8-16(12)22-18(14)20/h1-9,14H/t14-/m1/s1. The molecule has 4 rings (SSSR count). The molecular weight excluding hydrogens is 280 g/mol. The molecule has 106 valence electrons. The number of carbonyl (C=O) groups is 2. The maximum absolute atomic E-state index is 12.5. The molecule has 0 fully saturated rings. The van der Waals surface area contributed by atoms with E-state index in [0.29, 0.717) is 17.1 Å². The second-order valence-electron chi connectivity index (χ2n) is 5.05. The Bertz CT molecular complexity index is 819. The van der Waals surface area contributed by atoms with Crippen LogP contribution in [0.1, 0.15) is 21.8 Å². The lowest BCUT2D eigenvalue weighted by Crippen LogP contribution is -2.18. The Kier molecular flexibility index (Phi) is 2.71. The van der Waals surface area contributed by atoms with Crippen LogP contribution in [0.4, 0.5) is 0 Å². The van der Waals surface area contributed by atoms with Gasteiger partial charge in [-0.1, -0.05) is 30.3 Å². The normalized spacial score (nSPS) is 18.4. The Morgan fingerprint density at radius 1 is 0.955 bits per heavy atom. The Morgan fingerprint density at radius 3 is 2.55 bits per heavy atom. The molecule has 0 aliphatic carbocycles. The molecule has 0 amide bonds. The van der Waals surface area contributed by atoms with E-state index in [2.05, 4.69) is 6.26 Å². The number of esters is 1. The number of allylic oxidation sites excluding steroid dienone is 1. The highest BCUT2D eigenvalue weighted by atomic mass is 16.5. The highest BCUT2D eigenvalue weighted by Crippen LogP contribution is 2.39. The van der Waals surface area contributed by atoms with Gasteiger partial charge in [-0.3, -0.25) is 9.59 Å². The first kappa shape index (κ1) is 12.6. The van der Waals surface area contributed by atoms with E-state index in [1.54, 1.807) is 42.8 Å². The zero-order valence-electron chi connectivity index (χ0n) is 11.4. The fourth-order valence-corrected chi connectivity index (χ4v) is 2.61. The Hall–Kier alpha value is -3.10. The minimum atomic E-state index is -0.614. The van der Waals surface area contributed by atoms with Crippen molar-refractivity contribution in [3.63, 3.8) is 0 Å². The van der Waals surface area contributed by atoms with Gasteiger partial charge in [-0.15, -0.1) is 0 Å². The fourth-order valence-electron chi connectivity index (χ4n) is 2.61. The zero-order chi connectivity index (χ0) is 15.1. The maximum atomic E-state index is 12.5. The minimum absolute atomic E-state index is 0.209. The summed E-state index contributed by atoms with van der Waals surface area (Å²) in [6.45, 7) is 0. The van der Waals surface area contributed by atoms with Crippen LogP contribution in [0.15, 0.2) is 54.1 Å². The summed E-state index contributed by atoms with van der Waals surface area (Å²) in [5, 5.41) is 0. The van der Waals surface area contributed by atoms with Gasteiger partial charge in [-0.2, -0.15) is 0 Å². The van der Waals surface area contributed by atoms with Crippen LogP contribution in [0.5, 0.6) is 11.5 Å². The second-order valence-corrected chi connectivity index (χ2v) is 5.05. The number of Topliss-reactive ketones (excluding diaryl/α,β-unsaturated/α-hetero) is 1. The number of carbonyl (C=O) groups excluding carboxylic acids is 2. The molecule has 2 aliphatic heterocycles. The molecule has 2 aliphatic rings. The SMILES string of the molecule is O=C1C([CH-][C@H]2C(=O)Oc3ccccc32)=[C+]Oc2ccccc21. The molecule has 0 radical (unpaired) electrons. The molecule has 0 unspecified atom stereocenters. The van der Waals surface area contributed by atoms with Crippen molar-refractivity contribution in [3.8, 4) is 11.5 Å². The third-order valence-electron chi connectivity index (χ3n) is 3.70. The molecule has 0 aromatic heterocycles. The van der Waals surface area contributed by atoms with Crippen molar-refractivity contribution >= 4 is 11.8 Å². The first-order chi connectivity index (χ1) is 10.7. The third-order valence-corrected chi connectivity index (χ3v) is 3.70. The summed E-state index contributed by atoms with van der Waals surface area (Å²) < 4.78 is 10.6. The number of ether oxygens (including phenoxy) is 2. The minimum Gasteiger partial charge on any atom is -0.426 e. The molecule has 2 aromatic carbocycles. The van der Waals surface area contributed by atoms with Crippen molar-refractivity contribution in [1.29, 1.82) is 0 Å². The Labute approximate surface area is 127 Å². The average molecular weight is 290 g/mol. The molecule has 4 nitrogen and oxygen atoms in total. The molecule has 0 bridgehead atoms. The molecule has 0 saturated carbocycles. The molecule has 4 heteroatoms. The number of hydrogen-bond donors (Lipinski definition) is 0. The van der Waals surface area contributed by atoms with Crippen molar-refractivity contribution in [2.45, 2.75) is 5.92 Å². The molecule has 0 spiro atoms. The second kappa shape index (κ2) is 4.72. The van der Waals surface area contributed by atoms with Crippen LogP contribution < -0.4 is 9.47 Å². The smallest absolute Gasteiger partial charge is 0.322 e. The monoisotopic (exact) mass is 290 g/mol. The van der Waals surface area contributed by atoms with Crippen molar-refractivity contribution in [2.75, 3.05) is 0 Å². The summed E-state index contributed by atoms with van der Waals surface area (Å²) >= 11 is 0. The molecule has 0 saturated heterocycles. The summed E-state index contributed by atoms with van der Waals surface area (Å²) in [6.07, 6.45) is 4.16. The van der Waals surface area contributed by atoms with Gasteiger partial charge in [0, 0.05) is 5.56 Å². The lowest BCUT2D eigenvalue weighted by Gasteiger charge is -2.16. The average Bonchev–Trinajstić information content (AvgIpc) is 2.86. The maximum Gasteiger partial charge on any atom is 0.322 e. The van der Waals surface area contributed by atoms with Crippen molar-refractivity contribution in [3.05, 3.63) is 77.9 Å². The van der Waals surface area contributed by atoms with Gasteiger partial charge >= 0.3 is 5.97 Å². The van der Waals surface area contributed by atoms with Crippen LogP contribution in [0.25, 0.3) is 0 Å². The first-order valence-corrected chi connectivity index (χ1v) is 6.83. The van der Waals surface area contributed by atoms with E-state index in [4.69, 9.17) is 9.47 Å². The van der Waals surface area contributed by atoms with Crippen LogP contribution in [0.3, 0.4) is 0 Å². The number of ketones is 1. The summed E-state index contributed by atoms with van der Waals surface area (Å²) in [7, 11) is 0. The van der Waals surface area contributed by atoms with E-state index in [1.165, 1.54) is 0 Å². The van der Waals surface area contributed by atoms with Crippen molar-refractivity contribution < 1.29 is 19.1 Å². The third kappa shape index (κ3) is 1.86. The van der Waals surface area contributed by atoms with Gasteiger partial charge in [0.15, 0.2) is 5.75 Å². The molecular formula is C18H10O4. The highest BCUT2D eigenvalue weighted by Gasteiger charge is 2.36. The van der Waals surface area contributed by atoms with Gasteiger partial charge in [0.05, 0.1) is 17.4 Å². The van der Waals surface area contributed by atoms with Crippen LogP contribution in [-0.2, 0) is 4.79 Å². The molecule has 1 atom stereocenters. The number of para-hydroxylation sites is 2. The van der Waals surface area contributed by atoms with E-state index in [0.717, 1.165) is 5.56 Å². The number of benzene rings is 2. The number of hydrogen-bond acceptors (Lipinski definition) is 4. The van der Waals surface area contributed by atoms with Crippen LogP contribution in [0, 0.1) is 12.7 Å². The van der Waals surface area contributed by atoms with Crippen molar-refractivity contribution in [2.24, 2.45) is 0 Å². The van der Waals surface area contributed by atoms with Gasteiger partial charge in [-0.25, -0.2) is 0 Å². The van der Waals surface area contributed by atoms with Gasteiger partial charge in [-0.05, 0) is 24.6 Å². The fraction of sp³-hybridized carbons (Fsp3) is 0.0556. The molecule has 22 heavy (non-hydrogen) atoms. The van der Waals surface area contributed by atoms with Crippen molar-refractivity contribution in [1.82, 2.24) is 0 Å². The molecule has 2 heterocycles. The highest BCUT2D eigenvalue weighted by molar-refractivity contribution is 6.12. The largest absolute Gasteiger partial charge is 0.426 e. The summed E-state index contributed by atoms with van der Waals surface area (Å²) in [5.74, 6) is -0.226. The van der Waals surface area contributed by atoms with Crippen LogP contribution >= 0.6 is 0 Å². The predicted octanol–water partition coefficient (Wildman–Crippen LogP) is 2.86. The lowest BCUT2D eigenvalue weighted by molar-refractivity contribution is -0.133. The first-order valence-electron chi connectivity index (χ1n) is 6.83. The van der Waals surface area contributed by atoms with Gasteiger partial charge < -0.3 is 9.47 Å². The summed E-state index contributed by atoms with van der Waals surface area (Å²) in [4.78, 5) is 24.5. The van der Waals surface area contributed by atoms with E-state index < -0.39 is 11.9 Å². The Morgan fingerprint density at radius 2 is 1.68 bits per heavy atom. The summed E-state index contributed by atoms with van der Waals surface area (Å²) in [5.41, 5.74) is 1.44. The van der Waals surface area contributed by atoms with Gasteiger partial charge in [0.2, 0.25) is 5.78 Å². The van der Waals surface area contributed by atoms with Crippen LogP contribution in [-0.4, -0.2) is 11.8 Å². The quantitative estimate of drug-likeness (QED) is 0.485. The van der Waals surface area contributed by atoms with Gasteiger partial charge in [0.1, 0.15) is 11.7 Å². The predicted molar refractivity (Wildman–Crippen MR) is 77.3 cm³/mol. The van der Waals surface area contributed by atoms with E-state index in [9.17, 15) is 9.59 Å². The van der Waals surface area contributed by atoms with Gasteiger partial charge in [0.25, 0.3) is 0 Å². The van der Waals surface area contributed by atoms with E-state index in [-0.39, 0.29) is 11.4 Å². The topological polar surface area (TPSA) is 52.6 Å². The molecule has 2 aromatic rings. The van der Waals surface area contributed by atoms with E-state index >= 15 is 0 Å². The number of rotatable bonds is 2. The number of fused-ring (bicyclic) bond motifs is 2. The van der Waals surface area contributed by atoms with Crippen LogP contribution in [0.2, 0.25) is 0 Å². The zero-order valence-corrected chi connectivity index (χ0v) is 11.4. The Balaban J connectivity index is 1.64.